The van der Waals surface area contributed by atoms with Crippen LogP contribution < -0.4 is 11.1 Å². The molecule has 1 aromatic rings. The molecule has 17 heavy (non-hydrogen) atoms. The van der Waals surface area contributed by atoms with Gasteiger partial charge in [-0.05, 0) is 47.7 Å². The van der Waals surface area contributed by atoms with Crippen molar-refractivity contribution in [2.24, 2.45) is 5.73 Å². The first kappa shape index (κ1) is 13.8. The minimum absolute atomic E-state index is 0.0563. The molecule has 0 fully saturated rings. The van der Waals surface area contributed by atoms with Crippen LogP contribution in [0.2, 0.25) is 0 Å². The van der Waals surface area contributed by atoms with E-state index in [-0.39, 0.29) is 24.1 Å². The molecular formula is C11H13IN2O3. The van der Waals surface area contributed by atoms with Gasteiger partial charge in [0.25, 0.3) is 5.91 Å². The lowest BCUT2D eigenvalue weighted by Gasteiger charge is -2.12. The molecule has 0 aliphatic rings. The molecule has 0 saturated heterocycles. The summed E-state index contributed by atoms with van der Waals surface area (Å²) in [6.07, 6.45) is 0.0854. The highest BCUT2D eigenvalue weighted by Gasteiger charge is 2.12. The molecule has 2 amide bonds. The Hall–Kier alpha value is -1.31. The molecule has 4 N–H and O–H groups in total. The minimum atomic E-state index is -0.469. The summed E-state index contributed by atoms with van der Waals surface area (Å²) < 4.78 is 0.671. The van der Waals surface area contributed by atoms with E-state index in [9.17, 15) is 14.7 Å². The molecule has 0 spiro atoms. The molecule has 6 heteroatoms. The highest BCUT2D eigenvalue weighted by molar-refractivity contribution is 14.1. The van der Waals surface area contributed by atoms with Crippen LogP contribution in [0, 0.1) is 3.57 Å². The Kier molecular flexibility index (Phi) is 4.73. The SMILES string of the molecule is CC(CC(N)=O)NC(=O)c1ccc(I)c(O)c1. The lowest BCUT2D eigenvalue weighted by molar-refractivity contribution is -0.118. The largest absolute Gasteiger partial charge is 0.507 e. The number of aromatic hydroxyl groups is 1. The average molecular weight is 348 g/mol. The Balaban J connectivity index is 2.70. The second-order valence-electron chi connectivity index (χ2n) is 3.71. The quantitative estimate of drug-likeness (QED) is 0.709. The summed E-state index contributed by atoms with van der Waals surface area (Å²) in [4.78, 5) is 22.4. The molecular weight excluding hydrogens is 335 g/mol. The smallest absolute Gasteiger partial charge is 0.251 e. The van der Waals surface area contributed by atoms with Crippen molar-refractivity contribution < 1.29 is 14.7 Å². The number of amides is 2. The van der Waals surface area contributed by atoms with Crippen LogP contribution in [0.4, 0.5) is 0 Å². The molecule has 0 aromatic heterocycles. The zero-order valence-electron chi connectivity index (χ0n) is 9.24. The lowest BCUT2D eigenvalue weighted by Crippen LogP contribution is -2.35. The van der Waals surface area contributed by atoms with E-state index in [0.717, 1.165) is 0 Å². The maximum Gasteiger partial charge on any atom is 0.251 e. The van der Waals surface area contributed by atoms with Gasteiger partial charge in [-0.15, -0.1) is 0 Å². The predicted octanol–water partition coefficient (Wildman–Crippen LogP) is 0.990. The fourth-order valence-corrected chi connectivity index (χ4v) is 1.65. The Morgan fingerprint density at radius 1 is 1.53 bits per heavy atom. The van der Waals surface area contributed by atoms with E-state index in [0.29, 0.717) is 9.13 Å². The number of carbonyl (C=O) groups is 2. The van der Waals surface area contributed by atoms with Crippen LogP contribution in [0.1, 0.15) is 23.7 Å². The van der Waals surface area contributed by atoms with Crippen LogP contribution >= 0.6 is 22.6 Å². The van der Waals surface area contributed by atoms with E-state index in [1.807, 2.05) is 22.6 Å². The number of rotatable bonds is 4. The summed E-state index contributed by atoms with van der Waals surface area (Å²) >= 11 is 1.96. The normalized spacial score (nSPS) is 11.9. The summed E-state index contributed by atoms with van der Waals surface area (Å²) in [5.74, 6) is -0.755. The van der Waals surface area contributed by atoms with Crippen LogP contribution in [0.5, 0.6) is 5.75 Å². The van der Waals surface area contributed by atoms with Crippen LogP contribution in [0.15, 0.2) is 18.2 Å². The molecule has 0 radical (unpaired) electrons. The van der Waals surface area contributed by atoms with E-state index >= 15 is 0 Å². The number of halogens is 1. The molecule has 1 aromatic carbocycles. The van der Waals surface area contributed by atoms with Crippen molar-refractivity contribution in [3.63, 3.8) is 0 Å². The topological polar surface area (TPSA) is 92.4 Å². The van der Waals surface area contributed by atoms with Crippen molar-refractivity contribution in [1.82, 2.24) is 5.32 Å². The van der Waals surface area contributed by atoms with Gasteiger partial charge in [0.1, 0.15) is 5.75 Å². The van der Waals surface area contributed by atoms with Crippen molar-refractivity contribution in [1.29, 1.82) is 0 Å². The third-order valence-electron chi connectivity index (χ3n) is 2.09. The second kappa shape index (κ2) is 5.85. The Morgan fingerprint density at radius 3 is 2.71 bits per heavy atom. The maximum absolute atomic E-state index is 11.7. The van der Waals surface area contributed by atoms with Gasteiger partial charge in [0.2, 0.25) is 5.91 Å². The standard InChI is InChI=1S/C11H13IN2O3/c1-6(4-10(13)16)14-11(17)7-2-3-8(12)9(15)5-7/h2-3,5-6,15H,4H2,1H3,(H2,13,16)(H,14,17). The first-order valence-corrected chi connectivity index (χ1v) is 6.05. The third-order valence-corrected chi connectivity index (χ3v) is 3.01. The molecule has 1 atom stereocenters. The van der Waals surface area contributed by atoms with Crippen molar-refractivity contribution in [2.45, 2.75) is 19.4 Å². The number of hydrogen-bond acceptors (Lipinski definition) is 3. The molecule has 1 unspecified atom stereocenters. The molecule has 92 valence electrons. The molecule has 1 rings (SSSR count). The summed E-state index contributed by atoms with van der Waals surface area (Å²) in [6, 6.07) is 4.30. The Morgan fingerprint density at radius 2 is 2.18 bits per heavy atom. The molecule has 0 heterocycles. The number of phenolic OH excluding ortho intramolecular Hbond substituents is 1. The van der Waals surface area contributed by atoms with E-state index in [2.05, 4.69) is 5.32 Å². The molecule has 0 bridgehead atoms. The molecule has 0 aliphatic carbocycles. The van der Waals surface area contributed by atoms with Gasteiger partial charge < -0.3 is 16.2 Å². The number of benzene rings is 1. The first-order valence-electron chi connectivity index (χ1n) is 4.98. The van der Waals surface area contributed by atoms with Crippen molar-refractivity contribution >= 4 is 34.4 Å². The minimum Gasteiger partial charge on any atom is -0.507 e. The number of hydrogen-bond donors (Lipinski definition) is 3. The maximum atomic E-state index is 11.7. The van der Waals surface area contributed by atoms with Gasteiger partial charge >= 0.3 is 0 Å². The Bertz CT molecular complexity index is 448. The monoisotopic (exact) mass is 348 g/mol. The zero-order chi connectivity index (χ0) is 13.0. The Labute approximate surface area is 113 Å². The number of primary amides is 1. The highest BCUT2D eigenvalue weighted by Crippen LogP contribution is 2.20. The zero-order valence-corrected chi connectivity index (χ0v) is 11.4. The summed E-state index contributed by atoms with van der Waals surface area (Å²) in [5.41, 5.74) is 5.37. The van der Waals surface area contributed by atoms with Gasteiger partial charge in [0.15, 0.2) is 0 Å². The van der Waals surface area contributed by atoms with Gasteiger partial charge in [-0.2, -0.15) is 0 Å². The molecule has 0 aliphatic heterocycles. The van der Waals surface area contributed by atoms with E-state index in [1.165, 1.54) is 6.07 Å². The van der Waals surface area contributed by atoms with E-state index in [1.54, 1.807) is 19.1 Å². The number of nitrogens with one attached hydrogen (secondary N) is 1. The summed E-state index contributed by atoms with van der Waals surface area (Å²) in [6.45, 7) is 1.69. The third kappa shape index (κ3) is 4.22. The van der Waals surface area contributed by atoms with Crippen LogP contribution in [0.3, 0.4) is 0 Å². The van der Waals surface area contributed by atoms with Crippen molar-refractivity contribution in [3.05, 3.63) is 27.3 Å². The predicted molar refractivity (Wildman–Crippen MR) is 71.6 cm³/mol. The lowest BCUT2D eigenvalue weighted by atomic mass is 10.1. The van der Waals surface area contributed by atoms with Crippen molar-refractivity contribution in [2.75, 3.05) is 0 Å². The fourth-order valence-electron chi connectivity index (χ4n) is 1.31. The average Bonchev–Trinajstić information content (AvgIpc) is 2.20. The fraction of sp³-hybridized carbons (Fsp3) is 0.273. The van der Waals surface area contributed by atoms with Crippen molar-refractivity contribution in [3.8, 4) is 5.75 Å². The van der Waals surface area contributed by atoms with Gasteiger partial charge in [-0.25, -0.2) is 0 Å². The van der Waals surface area contributed by atoms with Crippen LogP contribution in [-0.2, 0) is 4.79 Å². The van der Waals surface area contributed by atoms with Crippen LogP contribution in [-0.4, -0.2) is 23.0 Å². The number of nitrogens with two attached hydrogens (primary N) is 1. The highest BCUT2D eigenvalue weighted by atomic mass is 127. The second-order valence-corrected chi connectivity index (χ2v) is 4.87. The summed E-state index contributed by atoms with van der Waals surface area (Å²) in [7, 11) is 0. The van der Waals surface area contributed by atoms with Gasteiger partial charge in [0, 0.05) is 18.0 Å². The van der Waals surface area contributed by atoms with Gasteiger partial charge in [-0.1, -0.05) is 0 Å². The van der Waals surface area contributed by atoms with Crippen LogP contribution in [0.25, 0.3) is 0 Å². The number of phenols is 1. The molecule has 5 nitrogen and oxygen atoms in total. The molecule has 0 saturated carbocycles. The van der Waals surface area contributed by atoms with Gasteiger partial charge in [0.05, 0.1) is 3.57 Å². The van der Waals surface area contributed by atoms with E-state index < -0.39 is 5.91 Å². The van der Waals surface area contributed by atoms with Gasteiger partial charge in [-0.3, -0.25) is 9.59 Å². The first-order chi connectivity index (χ1) is 7.90. The summed E-state index contributed by atoms with van der Waals surface area (Å²) in [5, 5.41) is 12.1. The number of carbonyl (C=O) groups excluding carboxylic acids is 2. The van der Waals surface area contributed by atoms with E-state index in [4.69, 9.17) is 5.73 Å².